The molecule has 39 heavy (non-hydrogen) atoms. The van der Waals surface area contributed by atoms with Crippen LogP contribution in [0.3, 0.4) is 0 Å². The van der Waals surface area contributed by atoms with Crippen LogP contribution in [0.5, 0.6) is 0 Å². The smallest absolute Gasteiger partial charge is 0.272 e. The van der Waals surface area contributed by atoms with E-state index in [4.69, 9.17) is 23.2 Å². The Morgan fingerprint density at radius 3 is 2.18 bits per heavy atom. The van der Waals surface area contributed by atoms with Crippen molar-refractivity contribution in [2.24, 2.45) is 0 Å². The van der Waals surface area contributed by atoms with Crippen LogP contribution in [-0.4, -0.2) is 23.4 Å². The highest BCUT2D eigenvalue weighted by atomic mass is 35.5. The minimum absolute atomic E-state index is 0.0311. The average Bonchev–Trinajstić information content (AvgIpc) is 2.95. The standard InChI is InChI=1S/C30H21Cl2FN2O3S/c31-25-8-4-7-21(28(25)32)17-26(35-29(37)20-5-2-1-3-6-20)30(38)34-23-13-15-24(16-14-23)39-18-27(36)19-9-11-22(33)12-10-19/h1-17H,18H2,(H,34,38)(H,35,37)/b26-17-. The molecule has 0 bridgehead atoms. The molecule has 0 fully saturated rings. The van der Waals surface area contributed by atoms with Gasteiger partial charge in [-0.15, -0.1) is 11.8 Å². The van der Waals surface area contributed by atoms with Gasteiger partial charge in [0.05, 0.1) is 15.8 Å². The van der Waals surface area contributed by atoms with Crippen molar-refractivity contribution in [3.63, 3.8) is 0 Å². The number of Topliss-reactive ketones (excluding diaryl/α,β-unsaturated/α-hetero) is 1. The third-order valence-corrected chi connectivity index (χ3v) is 7.30. The van der Waals surface area contributed by atoms with E-state index in [9.17, 15) is 18.8 Å². The molecule has 196 valence electrons. The molecule has 4 rings (SSSR count). The zero-order valence-corrected chi connectivity index (χ0v) is 22.6. The summed E-state index contributed by atoms with van der Waals surface area (Å²) in [6.45, 7) is 0. The summed E-state index contributed by atoms with van der Waals surface area (Å²) in [5.74, 6) is -1.38. The Balaban J connectivity index is 1.47. The summed E-state index contributed by atoms with van der Waals surface area (Å²) in [7, 11) is 0. The van der Waals surface area contributed by atoms with Gasteiger partial charge in [0, 0.05) is 21.7 Å². The van der Waals surface area contributed by atoms with Crippen LogP contribution in [0.1, 0.15) is 26.3 Å². The summed E-state index contributed by atoms with van der Waals surface area (Å²) >= 11 is 13.7. The van der Waals surface area contributed by atoms with Gasteiger partial charge in [0.15, 0.2) is 5.78 Å². The van der Waals surface area contributed by atoms with Crippen LogP contribution in [-0.2, 0) is 4.79 Å². The predicted molar refractivity (Wildman–Crippen MR) is 155 cm³/mol. The van der Waals surface area contributed by atoms with Gasteiger partial charge in [0.2, 0.25) is 0 Å². The number of thioether (sulfide) groups is 1. The van der Waals surface area contributed by atoms with E-state index >= 15 is 0 Å². The second kappa shape index (κ2) is 13.2. The van der Waals surface area contributed by atoms with Crippen molar-refractivity contribution >= 4 is 64.3 Å². The molecule has 0 radical (unpaired) electrons. The molecule has 0 heterocycles. The highest BCUT2D eigenvalue weighted by Crippen LogP contribution is 2.27. The van der Waals surface area contributed by atoms with Crippen molar-refractivity contribution in [2.75, 3.05) is 11.1 Å². The number of nitrogens with one attached hydrogen (secondary N) is 2. The first-order valence-electron chi connectivity index (χ1n) is 11.7. The van der Waals surface area contributed by atoms with E-state index in [0.717, 1.165) is 4.90 Å². The minimum Gasteiger partial charge on any atom is -0.321 e. The lowest BCUT2D eigenvalue weighted by molar-refractivity contribution is -0.113. The van der Waals surface area contributed by atoms with Crippen molar-refractivity contribution in [1.29, 1.82) is 0 Å². The van der Waals surface area contributed by atoms with Gasteiger partial charge in [-0.3, -0.25) is 14.4 Å². The van der Waals surface area contributed by atoms with Crippen molar-refractivity contribution < 1.29 is 18.8 Å². The SMILES string of the molecule is O=C(Nc1ccc(SCC(=O)c2ccc(F)cc2)cc1)/C(=C/c1cccc(Cl)c1Cl)NC(=O)c1ccccc1. The monoisotopic (exact) mass is 578 g/mol. The molecule has 4 aromatic carbocycles. The second-order valence-electron chi connectivity index (χ2n) is 8.22. The molecule has 0 atom stereocenters. The Morgan fingerprint density at radius 2 is 1.49 bits per heavy atom. The van der Waals surface area contributed by atoms with Gasteiger partial charge in [-0.05, 0) is 78.4 Å². The number of halogens is 3. The third kappa shape index (κ3) is 7.80. The maximum Gasteiger partial charge on any atom is 0.272 e. The first kappa shape index (κ1) is 28.1. The molecular formula is C30H21Cl2FN2O3S. The van der Waals surface area contributed by atoms with Crippen molar-refractivity contribution in [1.82, 2.24) is 5.32 Å². The summed E-state index contributed by atoms with van der Waals surface area (Å²) in [5, 5.41) is 5.98. The number of rotatable bonds is 9. The van der Waals surface area contributed by atoms with E-state index in [2.05, 4.69) is 10.6 Å². The van der Waals surface area contributed by atoms with E-state index in [1.165, 1.54) is 42.1 Å². The highest BCUT2D eigenvalue weighted by molar-refractivity contribution is 8.00. The van der Waals surface area contributed by atoms with Gasteiger partial charge in [-0.25, -0.2) is 4.39 Å². The minimum atomic E-state index is -0.567. The molecule has 5 nitrogen and oxygen atoms in total. The molecule has 0 spiro atoms. The number of anilines is 1. The fourth-order valence-electron chi connectivity index (χ4n) is 3.43. The van der Waals surface area contributed by atoms with Crippen LogP contribution in [0.2, 0.25) is 10.0 Å². The Bertz CT molecular complexity index is 1530. The van der Waals surface area contributed by atoms with Crippen LogP contribution < -0.4 is 10.6 Å². The van der Waals surface area contributed by atoms with Crippen LogP contribution in [0, 0.1) is 5.82 Å². The Labute approximate surface area is 239 Å². The van der Waals surface area contributed by atoms with Gasteiger partial charge < -0.3 is 10.6 Å². The predicted octanol–water partition coefficient (Wildman–Crippen LogP) is 7.52. The van der Waals surface area contributed by atoms with Gasteiger partial charge in [-0.1, -0.05) is 53.5 Å². The molecule has 0 aliphatic rings. The highest BCUT2D eigenvalue weighted by Gasteiger charge is 2.16. The van der Waals surface area contributed by atoms with Gasteiger partial charge >= 0.3 is 0 Å². The number of hydrogen-bond donors (Lipinski definition) is 2. The first-order valence-corrected chi connectivity index (χ1v) is 13.4. The largest absolute Gasteiger partial charge is 0.321 e. The average molecular weight is 579 g/mol. The van der Waals surface area contributed by atoms with Gasteiger partial charge in [-0.2, -0.15) is 0 Å². The fraction of sp³-hybridized carbons (Fsp3) is 0.0333. The number of carbonyl (C=O) groups excluding carboxylic acids is 3. The Kier molecular flexibility index (Phi) is 9.54. The zero-order chi connectivity index (χ0) is 27.8. The van der Waals surface area contributed by atoms with E-state index in [-0.39, 0.29) is 22.3 Å². The summed E-state index contributed by atoms with van der Waals surface area (Å²) in [5.41, 5.74) is 1.72. The number of benzene rings is 4. The zero-order valence-electron chi connectivity index (χ0n) is 20.3. The van der Waals surface area contributed by atoms with Gasteiger partial charge in [0.1, 0.15) is 11.5 Å². The maximum atomic E-state index is 13.2. The van der Waals surface area contributed by atoms with E-state index in [1.54, 1.807) is 72.8 Å². The van der Waals surface area contributed by atoms with E-state index in [0.29, 0.717) is 27.4 Å². The lowest BCUT2D eigenvalue weighted by Gasteiger charge is -2.12. The van der Waals surface area contributed by atoms with Crippen molar-refractivity contribution in [2.45, 2.75) is 4.90 Å². The molecule has 0 saturated carbocycles. The Morgan fingerprint density at radius 1 is 0.795 bits per heavy atom. The molecule has 2 amide bonds. The van der Waals surface area contributed by atoms with Crippen LogP contribution in [0.15, 0.2) is 108 Å². The molecule has 4 aromatic rings. The second-order valence-corrected chi connectivity index (χ2v) is 10.1. The molecular weight excluding hydrogens is 558 g/mol. The molecule has 0 aliphatic carbocycles. The third-order valence-electron chi connectivity index (χ3n) is 5.46. The molecule has 0 saturated heterocycles. The van der Waals surface area contributed by atoms with Crippen LogP contribution >= 0.6 is 35.0 Å². The Hall–Kier alpha value is -3.91. The van der Waals surface area contributed by atoms with E-state index in [1.807, 2.05) is 0 Å². The lowest BCUT2D eigenvalue weighted by atomic mass is 10.1. The summed E-state index contributed by atoms with van der Waals surface area (Å²) in [6, 6.07) is 25.8. The van der Waals surface area contributed by atoms with E-state index < -0.39 is 17.6 Å². The summed E-state index contributed by atoms with van der Waals surface area (Å²) in [4.78, 5) is 39.2. The number of amides is 2. The topological polar surface area (TPSA) is 75.3 Å². The number of ketones is 1. The fourth-order valence-corrected chi connectivity index (χ4v) is 4.59. The summed E-state index contributed by atoms with van der Waals surface area (Å²) in [6.07, 6.45) is 1.45. The quantitative estimate of drug-likeness (QED) is 0.122. The van der Waals surface area contributed by atoms with Crippen molar-refractivity contribution in [3.05, 3.63) is 135 Å². The number of carbonyl (C=O) groups is 3. The molecule has 0 aliphatic heterocycles. The van der Waals surface area contributed by atoms with Crippen LogP contribution in [0.25, 0.3) is 6.08 Å². The normalized spacial score (nSPS) is 11.1. The van der Waals surface area contributed by atoms with Crippen LogP contribution in [0.4, 0.5) is 10.1 Å². The van der Waals surface area contributed by atoms with Gasteiger partial charge in [0.25, 0.3) is 11.8 Å². The number of hydrogen-bond acceptors (Lipinski definition) is 4. The molecule has 0 unspecified atom stereocenters. The lowest BCUT2D eigenvalue weighted by Crippen LogP contribution is -2.30. The maximum absolute atomic E-state index is 13.2. The molecule has 0 aromatic heterocycles. The molecule has 9 heteroatoms. The van der Waals surface area contributed by atoms with Crippen molar-refractivity contribution in [3.8, 4) is 0 Å². The summed E-state index contributed by atoms with van der Waals surface area (Å²) < 4.78 is 13.1. The first-order chi connectivity index (χ1) is 18.8. The molecule has 2 N–H and O–H groups in total.